The summed E-state index contributed by atoms with van der Waals surface area (Å²) in [4.78, 5) is 23.2. The first-order chi connectivity index (χ1) is 12.0. The van der Waals surface area contributed by atoms with Gasteiger partial charge in [-0.1, -0.05) is 12.1 Å². The zero-order valence-corrected chi connectivity index (χ0v) is 13.3. The lowest BCUT2D eigenvalue weighted by Gasteiger charge is -2.06. The van der Waals surface area contributed by atoms with E-state index in [4.69, 9.17) is 9.47 Å². The molecular weight excluding hydrogens is 332 g/mol. The molecule has 0 fully saturated rings. The third kappa shape index (κ3) is 5.72. The molecule has 0 saturated heterocycles. The number of rotatable bonds is 6. The standard InChI is InChI=1S/C18H15F2NO4/c1-24-14-6-2-12(3-7-14)4-9-18(23)25-11-17(22)21-16-8-5-13(19)10-15(16)20/h2-10H,11H2,1H3,(H,21,22)/b9-4+. The molecule has 25 heavy (non-hydrogen) atoms. The second-order valence-corrected chi connectivity index (χ2v) is 4.89. The fraction of sp³-hybridized carbons (Fsp3) is 0.111. The van der Waals surface area contributed by atoms with Gasteiger partial charge in [0.1, 0.15) is 17.4 Å². The highest BCUT2D eigenvalue weighted by atomic mass is 19.1. The lowest BCUT2D eigenvalue weighted by molar-refractivity contribution is -0.142. The van der Waals surface area contributed by atoms with E-state index in [0.717, 1.165) is 23.8 Å². The summed E-state index contributed by atoms with van der Waals surface area (Å²) in [7, 11) is 1.55. The SMILES string of the molecule is COc1ccc(/C=C/C(=O)OCC(=O)Nc2ccc(F)cc2F)cc1. The Hall–Kier alpha value is -3.22. The van der Waals surface area contributed by atoms with Crippen LogP contribution in [0.3, 0.4) is 0 Å². The second-order valence-electron chi connectivity index (χ2n) is 4.89. The number of nitrogens with one attached hydrogen (secondary N) is 1. The number of methoxy groups -OCH3 is 1. The molecule has 130 valence electrons. The Kier molecular flexibility index (Phi) is 6.22. The van der Waals surface area contributed by atoms with Crippen molar-refractivity contribution in [3.63, 3.8) is 0 Å². The number of halogens is 2. The number of hydrogen-bond donors (Lipinski definition) is 1. The molecule has 1 N–H and O–H groups in total. The van der Waals surface area contributed by atoms with Crippen molar-refractivity contribution in [1.82, 2.24) is 0 Å². The van der Waals surface area contributed by atoms with Crippen molar-refractivity contribution in [2.75, 3.05) is 19.0 Å². The number of ether oxygens (including phenoxy) is 2. The van der Waals surface area contributed by atoms with E-state index in [2.05, 4.69) is 5.32 Å². The Balaban J connectivity index is 1.82. The molecule has 0 aliphatic heterocycles. The van der Waals surface area contributed by atoms with Crippen LogP contribution in [0, 0.1) is 11.6 Å². The van der Waals surface area contributed by atoms with Gasteiger partial charge in [0.25, 0.3) is 5.91 Å². The van der Waals surface area contributed by atoms with E-state index in [1.807, 2.05) is 0 Å². The highest BCUT2D eigenvalue weighted by Crippen LogP contribution is 2.15. The van der Waals surface area contributed by atoms with Gasteiger partial charge < -0.3 is 14.8 Å². The van der Waals surface area contributed by atoms with Crippen LogP contribution in [0.4, 0.5) is 14.5 Å². The number of benzene rings is 2. The van der Waals surface area contributed by atoms with Crippen LogP contribution >= 0.6 is 0 Å². The number of carbonyl (C=O) groups excluding carboxylic acids is 2. The molecule has 0 aliphatic rings. The summed E-state index contributed by atoms with van der Waals surface area (Å²) in [6.45, 7) is -0.595. The Bertz CT molecular complexity index is 788. The Morgan fingerprint density at radius 1 is 1.12 bits per heavy atom. The van der Waals surface area contributed by atoms with Crippen molar-refractivity contribution in [3.8, 4) is 5.75 Å². The summed E-state index contributed by atoms with van der Waals surface area (Å²) in [5.41, 5.74) is 0.548. The maximum absolute atomic E-state index is 13.4. The van der Waals surface area contributed by atoms with Gasteiger partial charge in [0.2, 0.25) is 0 Å². The molecule has 0 unspecified atom stereocenters. The van der Waals surface area contributed by atoms with Crippen LogP contribution in [0.2, 0.25) is 0 Å². The number of esters is 1. The largest absolute Gasteiger partial charge is 0.497 e. The molecule has 0 aliphatic carbocycles. The highest BCUT2D eigenvalue weighted by Gasteiger charge is 2.09. The fourth-order valence-corrected chi connectivity index (χ4v) is 1.84. The lowest BCUT2D eigenvalue weighted by atomic mass is 10.2. The van der Waals surface area contributed by atoms with Crippen molar-refractivity contribution in [3.05, 3.63) is 65.7 Å². The Labute approximate surface area is 142 Å². The zero-order chi connectivity index (χ0) is 18.2. The van der Waals surface area contributed by atoms with E-state index in [0.29, 0.717) is 11.8 Å². The summed E-state index contributed by atoms with van der Waals surface area (Å²) >= 11 is 0. The molecule has 2 rings (SSSR count). The van der Waals surface area contributed by atoms with Gasteiger partial charge in [-0.15, -0.1) is 0 Å². The van der Waals surface area contributed by atoms with Crippen LogP contribution in [0.25, 0.3) is 6.08 Å². The van der Waals surface area contributed by atoms with Gasteiger partial charge in [0, 0.05) is 12.1 Å². The third-order valence-corrected chi connectivity index (χ3v) is 3.08. The smallest absolute Gasteiger partial charge is 0.331 e. The minimum absolute atomic E-state index is 0.198. The van der Waals surface area contributed by atoms with Gasteiger partial charge in [-0.3, -0.25) is 4.79 Å². The molecule has 0 spiro atoms. The Morgan fingerprint density at radius 3 is 2.48 bits per heavy atom. The summed E-state index contributed by atoms with van der Waals surface area (Å²) < 4.78 is 35.9. The van der Waals surface area contributed by atoms with Crippen molar-refractivity contribution in [2.24, 2.45) is 0 Å². The van der Waals surface area contributed by atoms with Crippen molar-refractivity contribution in [2.45, 2.75) is 0 Å². The fourth-order valence-electron chi connectivity index (χ4n) is 1.84. The van der Waals surface area contributed by atoms with E-state index in [9.17, 15) is 18.4 Å². The average Bonchev–Trinajstić information content (AvgIpc) is 2.61. The molecule has 0 atom stereocenters. The molecule has 2 aromatic carbocycles. The van der Waals surface area contributed by atoms with Crippen molar-refractivity contribution >= 4 is 23.6 Å². The average molecular weight is 347 g/mol. The zero-order valence-electron chi connectivity index (χ0n) is 13.3. The number of hydrogen-bond acceptors (Lipinski definition) is 4. The molecule has 5 nitrogen and oxygen atoms in total. The quantitative estimate of drug-likeness (QED) is 0.644. The second kappa shape index (κ2) is 8.58. The number of anilines is 1. The van der Waals surface area contributed by atoms with E-state index in [1.165, 1.54) is 6.08 Å². The maximum atomic E-state index is 13.4. The van der Waals surface area contributed by atoms with E-state index in [1.54, 1.807) is 31.4 Å². The molecule has 0 heterocycles. The third-order valence-electron chi connectivity index (χ3n) is 3.08. The first kappa shape index (κ1) is 18.1. The molecule has 1 amide bonds. The van der Waals surface area contributed by atoms with Gasteiger partial charge in [-0.25, -0.2) is 13.6 Å². The normalized spacial score (nSPS) is 10.5. The summed E-state index contributed by atoms with van der Waals surface area (Å²) in [6.07, 6.45) is 2.67. The van der Waals surface area contributed by atoms with Crippen molar-refractivity contribution < 1.29 is 27.8 Å². The van der Waals surface area contributed by atoms with E-state index >= 15 is 0 Å². The molecule has 2 aromatic rings. The summed E-state index contributed by atoms with van der Waals surface area (Å²) in [5, 5.41) is 2.18. The van der Waals surface area contributed by atoms with Crippen molar-refractivity contribution in [1.29, 1.82) is 0 Å². The van der Waals surface area contributed by atoms with Crippen LogP contribution in [0.1, 0.15) is 5.56 Å². The van der Waals surface area contributed by atoms with Gasteiger partial charge >= 0.3 is 5.97 Å². The predicted octanol–water partition coefficient (Wildman–Crippen LogP) is 3.17. The molecule has 0 radical (unpaired) electrons. The monoisotopic (exact) mass is 347 g/mol. The Morgan fingerprint density at radius 2 is 1.84 bits per heavy atom. The highest BCUT2D eigenvalue weighted by molar-refractivity contribution is 5.94. The maximum Gasteiger partial charge on any atom is 0.331 e. The molecule has 7 heteroatoms. The summed E-state index contributed by atoms with van der Waals surface area (Å²) in [6, 6.07) is 9.67. The molecule has 0 bridgehead atoms. The molecule has 0 aromatic heterocycles. The predicted molar refractivity (Wildman–Crippen MR) is 88.0 cm³/mol. The van der Waals surface area contributed by atoms with E-state index in [-0.39, 0.29) is 5.69 Å². The van der Waals surface area contributed by atoms with Gasteiger partial charge in [0.05, 0.1) is 12.8 Å². The van der Waals surface area contributed by atoms with E-state index < -0.39 is 30.1 Å². The van der Waals surface area contributed by atoms with Crippen LogP contribution < -0.4 is 10.1 Å². The minimum atomic E-state index is -0.918. The summed E-state index contributed by atoms with van der Waals surface area (Å²) in [5.74, 6) is -2.46. The lowest BCUT2D eigenvalue weighted by Crippen LogP contribution is -2.20. The van der Waals surface area contributed by atoms with Gasteiger partial charge in [-0.2, -0.15) is 0 Å². The first-order valence-electron chi connectivity index (χ1n) is 7.22. The molecular formula is C18H15F2NO4. The number of amides is 1. The van der Waals surface area contributed by atoms with Crippen LogP contribution in [0.5, 0.6) is 5.75 Å². The topological polar surface area (TPSA) is 64.6 Å². The van der Waals surface area contributed by atoms with Crippen LogP contribution in [0.15, 0.2) is 48.5 Å². The number of carbonyl (C=O) groups is 2. The van der Waals surface area contributed by atoms with Gasteiger partial charge in [0.15, 0.2) is 6.61 Å². The van der Waals surface area contributed by atoms with Gasteiger partial charge in [-0.05, 0) is 35.9 Å². The van der Waals surface area contributed by atoms with Crippen LogP contribution in [-0.4, -0.2) is 25.6 Å². The first-order valence-corrected chi connectivity index (χ1v) is 7.22. The molecule has 0 saturated carbocycles. The van der Waals surface area contributed by atoms with Crippen LogP contribution in [-0.2, 0) is 14.3 Å². The minimum Gasteiger partial charge on any atom is -0.497 e.